The average molecular weight is 303 g/mol. The highest BCUT2D eigenvalue weighted by Gasteiger charge is 1.99. The van der Waals surface area contributed by atoms with Gasteiger partial charge < -0.3 is 0 Å². The Morgan fingerprint density at radius 3 is 2.11 bits per heavy atom. The summed E-state index contributed by atoms with van der Waals surface area (Å²) in [6, 6.07) is 19.5. The summed E-state index contributed by atoms with van der Waals surface area (Å²) in [6.45, 7) is 2.21. The molecule has 94 valence electrons. The van der Waals surface area contributed by atoms with Crippen molar-refractivity contribution in [2.75, 3.05) is 0 Å². The Morgan fingerprint density at radius 2 is 1.50 bits per heavy atom. The highest BCUT2D eigenvalue weighted by molar-refractivity contribution is 9.09. The molecule has 2 aromatic rings. The molecule has 0 aromatic heterocycles. The standard InChI is InChI=1S/C17H19Br/c1-14(18)6-5-7-15-10-12-17(13-11-15)16-8-3-2-4-9-16/h2-4,8-14H,5-7H2,1H3. The molecule has 0 fully saturated rings. The summed E-state index contributed by atoms with van der Waals surface area (Å²) in [7, 11) is 0. The van der Waals surface area contributed by atoms with Crippen molar-refractivity contribution in [1.82, 2.24) is 0 Å². The zero-order chi connectivity index (χ0) is 12.8. The van der Waals surface area contributed by atoms with Crippen molar-refractivity contribution in [2.45, 2.75) is 31.0 Å². The molecule has 0 saturated carbocycles. The number of alkyl halides is 1. The lowest BCUT2D eigenvalue weighted by molar-refractivity contribution is 0.736. The number of halogens is 1. The second-order valence-electron chi connectivity index (χ2n) is 4.74. The number of rotatable bonds is 5. The SMILES string of the molecule is CC(Br)CCCc1ccc(-c2ccccc2)cc1. The number of aryl methyl sites for hydroxylation is 1. The van der Waals surface area contributed by atoms with E-state index in [0.29, 0.717) is 4.83 Å². The van der Waals surface area contributed by atoms with Crippen molar-refractivity contribution in [3.63, 3.8) is 0 Å². The van der Waals surface area contributed by atoms with Crippen LogP contribution in [0.15, 0.2) is 54.6 Å². The van der Waals surface area contributed by atoms with Crippen molar-refractivity contribution in [1.29, 1.82) is 0 Å². The molecular weight excluding hydrogens is 284 g/mol. The van der Waals surface area contributed by atoms with Crippen LogP contribution in [-0.2, 0) is 6.42 Å². The van der Waals surface area contributed by atoms with E-state index in [9.17, 15) is 0 Å². The molecule has 0 nitrogen and oxygen atoms in total. The van der Waals surface area contributed by atoms with Crippen molar-refractivity contribution < 1.29 is 0 Å². The maximum atomic E-state index is 3.59. The van der Waals surface area contributed by atoms with Crippen LogP contribution < -0.4 is 0 Å². The second kappa shape index (κ2) is 6.75. The first-order valence-electron chi connectivity index (χ1n) is 6.54. The molecule has 0 radical (unpaired) electrons. The van der Waals surface area contributed by atoms with Gasteiger partial charge in [0, 0.05) is 4.83 Å². The molecule has 0 bridgehead atoms. The van der Waals surface area contributed by atoms with E-state index in [4.69, 9.17) is 0 Å². The van der Waals surface area contributed by atoms with Crippen molar-refractivity contribution in [3.05, 3.63) is 60.2 Å². The molecule has 0 N–H and O–H groups in total. The molecule has 1 heteroatoms. The van der Waals surface area contributed by atoms with Crippen molar-refractivity contribution in [2.24, 2.45) is 0 Å². The molecule has 2 aromatic carbocycles. The van der Waals surface area contributed by atoms with Gasteiger partial charge in [-0.05, 0) is 36.0 Å². The molecule has 0 saturated heterocycles. The highest BCUT2D eigenvalue weighted by Crippen LogP contribution is 2.20. The fourth-order valence-electron chi connectivity index (χ4n) is 2.08. The van der Waals surface area contributed by atoms with E-state index >= 15 is 0 Å². The van der Waals surface area contributed by atoms with E-state index in [1.54, 1.807) is 0 Å². The second-order valence-corrected chi connectivity index (χ2v) is 6.30. The molecule has 0 aliphatic heterocycles. The first kappa shape index (κ1) is 13.4. The fraction of sp³-hybridized carbons (Fsp3) is 0.294. The monoisotopic (exact) mass is 302 g/mol. The van der Waals surface area contributed by atoms with Crippen LogP contribution in [0.5, 0.6) is 0 Å². The molecule has 1 atom stereocenters. The topological polar surface area (TPSA) is 0 Å². The largest absolute Gasteiger partial charge is 0.0894 e. The van der Waals surface area contributed by atoms with Crippen LogP contribution in [0.1, 0.15) is 25.3 Å². The van der Waals surface area contributed by atoms with Crippen LogP contribution in [0.25, 0.3) is 11.1 Å². The van der Waals surface area contributed by atoms with Crippen molar-refractivity contribution >= 4 is 15.9 Å². The summed E-state index contributed by atoms with van der Waals surface area (Å²) in [5.74, 6) is 0. The summed E-state index contributed by atoms with van der Waals surface area (Å²) < 4.78 is 0. The van der Waals surface area contributed by atoms with Gasteiger partial charge in [0.05, 0.1) is 0 Å². The lowest BCUT2D eigenvalue weighted by Crippen LogP contribution is -1.92. The first-order valence-corrected chi connectivity index (χ1v) is 7.46. The summed E-state index contributed by atoms with van der Waals surface area (Å²) >= 11 is 3.59. The molecule has 0 aliphatic rings. The lowest BCUT2D eigenvalue weighted by Gasteiger charge is -2.05. The smallest absolute Gasteiger partial charge is 0.0117 e. The van der Waals surface area contributed by atoms with Gasteiger partial charge in [-0.1, -0.05) is 77.5 Å². The van der Waals surface area contributed by atoms with Crippen LogP contribution in [0.4, 0.5) is 0 Å². The minimum atomic E-state index is 0.626. The van der Waals surface area contributed by atoms with Gasteiger partial charge in [-0.2, -0.15) is 0 Å². The predicted octanol–water partition coefficient (Wildman–Crippen LogP) is 5.46. The predicted molar refractivity (Wildman–Crippen MR) is 83.2 cm³/mol. The summed E-state index contributed by atoms with van der Waals surface area (Å²) in [5, 5.41) is 0. The maximum absolute atomic E-state index is 3.59. The molecule has 0 amide bonds. The Morgan fingerprint density at radius 1 is 0.889 bits per heavy atom. The minimum Gasteiger partial charge on any atom is -0.0894 e. The van der Waals surface area contributed by atoms with Crippen LogP contribution >= 0.6 is 15.9 Å². The van der Waals surface area contributed by atoms with Gasteiger partial charge in [-0.25, -0.2) is 0 Å². The fourth-order valence-corrected chi connectivity index (χ4v) is 2.41. The molecule has 0 aliphatic carbocycles. The third-order valence-electron chi connectivity index (χ3n) is 3.13. The minimum absolute atomic E-state index is 0.626. The van der Waals surface area contributed by atoms with E-state index in [0.717, 1.165) is 0 Å². The Labute approximate surface area is 118 Å². The van der Waals surface area contributed by atoms with E-state index in [2.05, 4.69) is 77.5 Å². The number of hydrogen-bond acceptors (Lipinski definition) is 0. The Kier molecular flexibility index (Phi) is 5.00. The normalized spacial score (nSPS) is 12.3. The zero-order valence-corrected chi connectivity index (χ0v) is 12.4. The summed E-state index contributed by atoms with van der Waals surface area (Å²) in [5.41, 5.74) is 4.02. The molecular formula is C17H19Br. The van der Waals surface area contributed by atoms with E-state index in [1.165, 1.54) is 36.0 Å². The highest BCUT2D eigenvalue weighted by atomic mass is 79.9. The Hall–Kier alpha value is -1.08. The van der Waals surface area contributed by atoms with Crippen LogP contribution in [-0.4, -0.2) is 4.83 Å². The number of benzene rings is 2. The van der Waals surface area contributed by atoms with Gasteiger partial charge in [0.15, 0.2) is 0 Å². The van der Waals surface area contributed by atoms with Gasteiger partial charge in [0.2, 0.25) is 0 Å². The third kappa shape index (κ3) is 3.99. The molecule has 18 heavy (non-hydrogen) atoms. The van der Waals surface area contributed by atoms with Gasteiger partial charge in [0.1, 0.15) is 0 Å². The van der Waals surface area contributed by atoms with Gasteiger partial charge in [0.25, 0.3) is 0 Å². The van der Waals surface area contributed by atoms with E-state index in [-0.39, 0.29) is 0 Å². The Balaban J connectivity index is 1.98. The quantitative estimate of drug-likeness (QED) is 0.643. The van der Waals surface area contributed by atoms with E-state index < -0.39 is 0 Å². The van der Waals surface area contributed by atoms with Crippen LogP contribution in [0.2, 0.25) is 0 Å². The Bertz CT molecular complexity index is 457. The average Bonchev–Trinajstić information content (AvgIpc) is 2.40. The maximum Gasteiger partial charge on any atom is 0.0117 e. The lowest BCUT2D eigenvalue weighted by atomic mass is 10.0. The first-order chi connectivity index (χ1) is 8.75. The molecule has 2 rings (SSSR count). The molecule has 1 unspecified atom stereocenters. The molecule has 0 spiro atoms. The summed E-state index contributed by atoms with van der Waals surface area (Å²) in [6.07, 6.45) is 3.66. The summed E-state index contributed by atoms with van der Waals surface area (Å²) in [4.78, 5) is 0.626. The third-order valence-corrected chi connectivity index (χ3v) is 3.59. The number of hydrogen-bond donors (Lipinski definition) is 0. The van der Waals surface area contributed by atoms with Gasteiger partial charge >= 0.3 is 0 Å². The van der Waals surface area contributed by atoms with Crippen LogP contribution in [0.3, 0.4) is 0 Å². The van der Waals surface area contributed by atoms with Gasteiger partial charge in [-0.15, -0.1) is 0 Å². The van der Waals surface area contributed by atoms with Gasteiger partial charge in [-0.3, -0.25) is 0 Å². The van der Waals surface area contributed by atoms with E-state index in [1.807, 2.05) is 0 Å². The van der Waals surface area contributed by atoms with Crippen molar-refractivity contribution in [3.8, 4) is 11.1 Å². The van der Waals surface area contributed by atoms with Crippen LogP contribution in [0, 0.1) is 0 Å². The zero-order valence-electron chi connectivity index (χ0n) is 10.8. The molecule has 0 heterocycles.